The van der Waals surface area contributed by atoms with E-state index in [1.807, 2.05) is 0 Å². The quantitative estimate of drug-likeness (QED) is 0.665. The van der Waals surface area contributed by atoms with Crippen LogP contribution in [0.1, 0.15) is 19.3 Å². The highest BCUT2D eigenvalue weighted by Gasteiger charge is 2.29. The number of hydrazine groups is 1. The fourth-order valence-electron chi connectivity index (χ4n) is 3.16. The Morgan fingerprint density at radius 3 is 2.67 bits per heavy atom. The second kappa shape index (κ2) is 7.95. The molecule has 3 amide bonds. The van der Waals surface area contributed by atoms with E-state index in [9.17, 15) is 22.8 Å². The van der Waals surface area contributed by atoms with Gasteiger partial charge in [-0.25, -0.2) is 8.42 Å². The van der Waals surface area contributed by atoms with E-state index in [1.54, 1.807) is 24.3 Å². The molecule has 146 valence electrons. The number of nitrogens with one attached hydrogen (secondary N) is 2. The Balaban J connectivity index is 1.44. The Morgan fingerprint density at radius 2 is 1.93 bits per heavy atom. The van der Waals surface area contributed by atoms with Crippen molar-refractivity contribution >= 4 is 33.2 Å². The SMILES string of the molecule is O=C(CCN1C(=O)COc2ccccc21)NNC(=O)CC1CCS(=O)(=O)C1. The highest BCUT2D eigenvalue weighted by Crippen LogP contribution is 2.31. The third-order valence-electron chi connectivity index (χ3n) is 4.51. The zero-order chi connectivity index (χ0) is 19.4. The van der Waals surface area contributed by atoms with Crippen molar-refractivity contribution in [3.63, 3.8) is 0 Å². The van der Waals surface area contributed by atoms with Crippen LogP contribution < -0.4 is 20.5 Å². The molecule has 1 unspecified atom stereocenters. The molecule has 3 rings (SSSR count). The zero-order valence-electron chi connectivity index (χ0n) is 14.6. The van der Waals surface area contributed by atoms with Crippen LogP contribution in [0.15, 0.2) is 24.3 Å². The molecule has 10 heteroatoms. The number of hydrogen-bond donors (Lipinski definition) is 2. The fourth-order valence-corrected chi connectivity index (χ4v) is 5.02. The molecule has 0 aliphatic carbocycles. The van der Waals surface area contributed by atoms with Crippen molar-refractivity contribution in [2.45, 2.75) is 19.3 Å². The number of ether oxygens (including phenoxy) is 1. The first kappa shape index (κ1) is 19.2. The summed E-state index contributed by atoms with van der Waals surface area (Å²) in [7, 11) is -3.04. The maximum absolute atomic E-state index is 12.0. The fraction of sp³-hybridized carbons (Fsp3) is 0.471. The normalized spacial score (nSPS) is 20.5. The van der Waals surface area contributed by atoms with Crippen LogP contribution in [0.5, 0.6) is 5.75 Å². The van der Waals surface area contributed by atoms with E-state index in [4.69, 9.17) is 4.74 Å². The molecular formula is C17H21N3O6S. The largest absolute Gasteiger partial charge is 0.482 e. The monoisotopic (exact) mass is 395 g/mol. The Bertz CT molecular complexity index is 854. The Kier molecular flexibility index (Phi) is 5.64. The number of anilines is 1. The van der Waals surface area contributed by atoms with Gasteiger partial charge in [0.15, 0.2) is 16.4 Å². The topological polar surface area (TPSA) is 122 Å². The number of para-hydroxylation sites is 2. The van der Waals surface area contributed by atoms with E-state index in [0.717, 1.165) is 0 Å². The lowest BCUT2D eigenvalue weighted by molar-refractivity contribution is -0.129. The molecule has 27 heavy (non-hydrogen) atoms. The number of fused-ring (bicyclic) bond motifs is 1. The molecule has 1 saturated heterocycles. The minimum absolute atomic E-state index is 0.00182. The molecule has 2 aliphatic heterocycles. The van der Waals surface area contributed by atoms with Crippen molar-refractivity contribution < 1.29 is 27.5 Å². The zero-order valence-corrected chi connectivity index (χ0v) is 15.5. The molecule has 9 nitrogen and oxygen atoms in total. The summed E-state index contributed by atoms with van der Waals surface area (Å²) in [6.45, 7) is 0.0709. The number of sulfone groups is 1. The Hall–Kier alpha value is -2.62. The molecule has 0 aromatic heterocycles. The van der Waals surface area contributed by atoms with Gasteiger partial charge in [0, 0.05) is 19.4 Å². The third kappa shape index (κ3) is 4.97. The lowest BCUT2D eigenvalue weighted by Crippen LogP contribution is -2.45. The highest BCUT2D eigenvalue weighted by atomic mass is 32.2. The van der Waals surface area contributed by atoms with Crippen LogP contribution in [0.2, 0.25) is 0 Å². The van der Waals surface area contributed by atoms with Crippen molar-refractivity contribution in [2.24, 2.45) is 5.92 Å². The number of benzene rings is 1. The summed E-state index contributed by atoms with van der Waals surface area (Å²) < 4.78 is 28.1. The smallest absolute Gasteiger partial charge is 0.265 e. The van der Waals surface area contributed by atoms with E-state index in [2.05, 4.69) is 10.9 Å². The van der Waals surface area contributed by atoms with Gasteiger partial charge in [-0.2, -0.15) is 0 Å². The van der Waals surface area contributed by atoms with Crippen LogP contribution >= 0.6 is 0 Å². The van der Waals surface area contributed by atoms with Crippen molar-refractivity contribution in [1.29, 1.82) is 0 Å². The summed E-state index contributed by atoms with van der Waals surface area (Å²) >= 11 is 0. The van der Waals surface area contributed by atoms with Gasteiger partial charge in [0.25, 0.3) is 5.91 Å². The van der Waals surface area contributed by atoms with Gasteiger partial charge < -0.3 is 9.64 Å². The van der Waals surface area contributed by atoms with Gasteiger partial charge in [0.05, 0.1) is 17.2 Å². The Labute approximate surface area is 156 Å². The second-order valence-corrected chi connectivity index (χ2v) is 8.85. The summed E-state index contributed by atoms with van der Waals surface area (Å²) in [4.78, 5) is 37.3. The minimum atomic E-state index is -3.04. The maximum atomic E-state index is 12.0. The van der Waals surface area contributed by atoms with Crippen molar-refractivity contribution in [3.8, 4) is 5.75 Å². The summed E-state index contributed by atoms with van der Waals surface area (Å²) in [6.07, 6.45) is 0.509. The molecule has 0 radical (unpaired) electrons. The van der Waals surface area contributed by atoms with Crippen LogP contribution in [0, 0.1) is 5.92 Å². The van der Waals surface area contributed by atoms with Gasteiger partial charge in [0.1, 0.15) is 5.75 Å². The number of rotatable bonds is 5. The molecule has 2 aliphatic rings. The van der Waals surface area contributed by atoms with Crippen LogP contribution in [-0.4, -0.2) is 50.8 Å². The van der Waals surface area contributed by atoms with E-state index >= 15 is 0 Å². The molecule has 1 atom stereocenters. The summed E-state index contributed by atoms with van der Waals surface area (Å²) in [6, 6.07) is 7.06. The summed E-state index contributed by atoms with van der Waals surface area (Å²) in [5.74, 6) is -0.642. The maximum Gasteiger partial charge on any atom is 0.265 e. The first-order valence-electron chi connectivity index (χ1n) is 8.64. The van der Waals surface area contributed by atoms with Crippen molar-refractivity contribution in [1.82, 2.24) is 10.9 Å². The van der Waals surface area contributed by atoms with E-state index in [-0.39, 0.29) is 49.3 Å². The molecule has 1 aromatic rings. The molecule has 2 heterocycles. The highest BCUT2D eigenvalue weighted by molar-refractivity contribution is 7.91. The van der Waals surface area contributed by atoms with Crippen LogP contribution in [-0.2, 0) is 24.2 Å². The molecule has 0 bridgehead atoms. The average Bonchev–Trinajstić information content (AvgIpc) is 2.97. The lowest BCUT2D eigenvalue weighted by atomic mass is 10.1. The van der Waals surface area contributed by atoms with Gasteiger partial charge in [-0.3, -0.25) is 25.2 Å². The van der Waals surface area contributed by atoms with Gasteiger partial charge in [-0.05, 0) is 24.5 Å². The van der Waals surface area contributed by atoms with E-state index in [1.165, 1.54) is 4.90 Å². The van der Waals surface area contributed by atoms with E-state index in [0.29, 0.717) is 17.9 Å². The summed E-state index contributed by atoms with van der Waals surface area (Å²) in [5, 5.41) is 0. The third-order valence-corrected chi connectivity index (χ3v) is 6.35. The van der Waals surface area contributed by atoms with Crippen LogP contribution in [0.25, 0.3) is 0 Å². The minimum Gasteiger partial charge on any atom is -0.482 e. The van der Waals surface area contributed by atoms with Gasteiger partial charge in [0.2, 0.25) is 11.8 Å². The second-order valence-electron chi connectivity index (χ2n) is 6.62. The number of carbonyl (C=O) groups is 3. The standard InChI is InChI=1S/C17H21N3O6S/c21-15(18-19-16(22)9-12-6-8-27(24,25)11-12)5-7-20-13-3-1-2-4-14(13)26-10-17(20)23/h1-4,12H,5-11H2,(H,18,21)(H,19,22). The first-order chi connectivity index (χ1) is 12.8. The molecule has 1 fully saturated rings. The molecule has 0 spiro atoms. The number of nitrogens with zero attached hydrogens (tertiary/aromatic N) is 1. The number of hydrogen-bond acceptors (Lipinski definition) is 6. The Morgan fingerprint density at radius 1 is 1.19 bits per heavy atom. The summed E-state index contributed by atoms with van der Waals surface area (Å²) in [5.41, 5.74) is 5.20. The van der Waals surface area contributed by atoms with Crippen molar-refractivity contribution in [3.05, 3.63) is 24.3 Å². The predicted molar refractivity (Wildman–Crippen MR) is 96.6 cm³/mol. The first-order valence-corrected chi connectivity index (χ1v) is 10.5. The van der Waals surface area contributed by atoms with Crippen molar-refractivity contribution in [2.75, 3.05) is 29.6 Å². The van der Waals surface area contributed by atoms with Crippen LogP contribution in [0.3, 0.4) is 0 Å². The predicted octanol–water partition coefficient (Wildman–Crippen LogP) is -0.226. The molecule has 2 N–H and O–H groups in total. The molecular weight excluding hydrogens is 374 g/mol. The lowest BCUT2D eigenvalue weighted by Gasteiger charge is -2.29. The number of amides is 3. The van der Waals surface area contributed by atoms with Gasteiger partial charge in [-0.1, -0.05) is 12.1 Å². The molecule has 0 saturated carbocycles. The van der Waals surface area contributed by atoms with Gasteiger partial charge >= 0.3 is 0 Å². The van der Waals surface area contributed by atoms with E-state index < -0.39 is 21.7 Å². The number of carbonyl (C=O) groups excluding carboxylic acids is 3. The van der Waals surface area contributed by atoms with Gasteiger partial charge in [-0.15, -0.1) is 0 Å². The average molecular weight is 395 g/mol. The van der Waals surface area contributed by atoms with Crippen LogP contribution in [0.4, 0.5) is 5.69 Å². The molecule has 1 aromatic carbocycles.